The summed E-state index contributed by atoms with van der Waals surface area (Å²) in [5.74, 6) is -0.117. The van der Waals surface area contributed by atoms with Crippen LogP contribution in [-0.4, -0.2) is 38.0 Å². The van der Waals surface area contributed by atoms with Crippen LogP contribution in [0, 0.1) is 5.41 Å². The number of amides is 2. The normalized spacial score (nSPS) is 23.4. The van der Waals surface area contributed by atoms with Gasteiger partial charge in [-0.25, -0.2) is 0 Å². The van der Waals surface area contributed by atoms with E-state index in [-0.39, 0.29) is 23.8 Å². The molecule has 2 amide bonds. The number of carbonyl (C=O) groups excluding carboxylic acids is 2. The lowest BCUT2D eigenvalue weighted by Crippen LogP contribution is -2.46. The molecule has 0 saturated carbocycles. The summed E-state index contributed by atoms with van der Waals surface area (Å²) in [6.45, 7) is 6.22. The molecule has 1 fully saturated rings. The first-order valence-electron chi connectivity index (χ1n) is 6.40. The molecule has 0 aromatic carbocycles. The Morgan fingerprint density at radius 2 is 2.06 bits per heavy atom. The van der Waals surface area contributed by atoms with Crippen molar-refractivity contribution in [3.05, 3.63) is 0 Å². The molecule has 1 unspecified atom stereocenters. The van der Waals surface area contributed by atoms with E-state index >= 15 is 0 Å². The number of hydrogen-bond acceptors (Lipinski definition) is 3. The summed E-state index contributed by atoms with van der Waals surface area (Å²) in [5, 5.41) is 8.64. The molecule has 0 spiro atoms. The van der Waals surface area contributed by atoms with Gasteiger partial charge in [-0.05, 0) is 26.3 Å². The third-order valence-electron chi connectivity index (χ3n) is 3.24. The number of likely N-dealkylation sites (N-methyl/N-ethyl adjacent to an activating group) is 1. The van der Waals surface area contributed by atoms with Crippen molar-refractivity contribution in [1.29, 1.82) is 0 Å². The van der Waals surface area contributed by atoms with Crippen molar-refractivity contribution in [2.75, 3.05) is 26.2 Å². The van der Waals surface area contributed by atoms with Crippen LogP contribution in [0.4, 0.5) is 0 Å². The molecule has 1 heterocycles. The quantitative estimate of drug-likeness (QED) is 0.614. The van der Waals surface area contributed by atoms with Gasteiger partial charge in [0.15, 0.2) is 0 Å². The number of nitrogens with one attached hydrogen (secondary N) is 3. The third-order valence-corrected chi connectivity index (χ3v) is 3.24. The van der Waals surface area contributed by atoms with Crippen LogP contribution in [0.3, 0.4) is 0 Å². The standard InChI is InChI=1S/C12H23N3O2/c1-3-5-12(6-7-13-9-12)11(17)15-8-10(16)14-4-2/h13H,3-9H2,1-2H3,(H,14,16)(H,15,17). The van der Waals surface area contributed by atoms with Crippen LogP contribution in [0.1, 0.15) is 33.1 Å². The van der Waals surface area contributed by atoms with Crippen LogP contribution in [-0.2, 0) is 9.59 Å². The zero-order chi connectivity index (χ0) is 12.7. The summed E-state index contributed by atoms with van der Waals surface area (Å²) in [5.41, 5.74) is -0.304. The zero-order valence-corrected chi connectivity index (χ0v) is 10.8. The molecule has 1 rings (SSSR count). The molecule has 5 nitrogen and oxygen atoms in total. The van der Waals surface area contributed by atoms with Gasteiger partial charge >= 0.3 is 0 Å². The highest BCUT2D eigenvalue weighted by molar-refractivity contribution is 5.88. The lowest BCUT2D eigenvalue weighted by molar-refractivity contribution is -0.132. The molecule has 0 aromatic heterocycles. The number of rotatable bonds is 6. The van der Waals surface area contributed by atoms with Gasteiger partial charge in [0.25, 0.3) is 0 Å². The fraction of sp³-hybridized carbons (Fsp3) is 0.833. The Morgan fingerprint density at radius 1 is 1.29 bits per heavy atom. The van der Waals surface area contributed by atoms with Crippen LogP contribution < -0.4 is 16.0 Å². The van der Waals surface area contributed by atoms with Gasteiger partial charge in [0.05, 0.1) is 12.0 Å². The molecule has 98 valence electrons. The highest BCUT2D eigenvalue weighted by Gasteiger charge is 2.40. The Labute approximate surface area is 103 Å². The molecule has 17 heavy (non-hydrogen) atoms. The molecule has 0 aliphatic carbocycles. The summed E-state index contributed by atoms with van der Waals surface area (Å²) in [6.07, 6.45) is 2.72. The summed E-state index contributed by atoms with van der Waals surface area (Å²) in [7, 11) is 0. The minimum Gasteiger partial charge on any atom is -0.355 e. The van der Waals surface area contributed by atoms with Crippen LogP contribution in [0.25, 0.3) is 0 Å². The lowest BCUT2D eigenvalue weighted by atomic mass is 9.81. The molecule has 1 atom stereocenters. The van der Waals surface area contributed by atoms with Crippen molar-refractivity contribution in [2.45, 2.75) is 33.1 Å². The number of carbonyl (C=O) groups is 2. The average Bonchev–Trinajstić information content (AvgIpc) is 2.77. The first-order chi connectivity index (χ1) is 8.14. The average molecular weight is 241 g/mol. The van der Waals surface area contributed by atoms with Gasteiger partial charge in [-0.15, -0.1) is 0 Å². The summed E-state index contributed by atoms with van der Waals surface area (Å²) >= 11 is 0. The van der Waals surface area contributed by atoms with Gasteiger partial charge in [-0.3, -0.25) is 9.59 Å². The molecule has 0 bridgehead atoms. The van der Waals surface area contributed by atoms with Crippen molar-refractivity contribution in [3.63, 3.8) is 0 Å². The Hall–Kier alpha value is -1.10. The first kappa shape index (κ1) is 14.0. The Morgan fingerprint density at radius 3 is 2.59 bits per heavy atom. The second-order valence-corrected chi connectivity index (χ2v) is 4.59. The summed E-state index contributed by atoms with van der Waals surface area (Å²) in [6, 6.07) is 0. The maximum Gasteiger partial charge on any atom is 0.239 e. The first-order valence-corrected chi connectivity index (χ1v) is 6.40. The van der Waals surface area contributed by atoms with E-state index in [4.69, 9.17) is 0 Å². The van der Waals surface area contributed by atoms with E-state index in [1.807, 2.05) is 6.92 Å². The monoisotopic (exact) mass is 241 g/mol. The minimum absolute atomic E-state index is 0.00982. The van der Waals surface area contributed by atoms with E-state index in [0.29, 0.717) is 6.54 Å². The molecule has 0 aromatic rings. The Bertz CT molecular complexity index is 273. The van der Waals surface area contributed by atoms with Gasteiger partial charge in [0, 0.05) is 13.1 Å². The SMILES string of the molecule is CCCC1(C(=O)NCC(=O)NCC)CCNC1. The molecule has 0 radical (unpaired) electrons. The van der Waals surface area contributed by atoms with E-state index in [2.05, 4.69) is 22.9 Å². The largest absolute Gasteiger partial charge is 0.355 e. The predicted molar refractivity (Wildman–Crippen MR) is 66.5 cm³/mol. The van der Waals surface area contributed by atoms with Gasteiger partial charge in [0.1, 0.15) is 0 Å². The van der Waals surface area contributed by atoms with Gasteiger partial charge in [-0.1, -0.05) is 13.3 Å². The Balaban J connectivity index is 2.46. The molecule has 5 heteroatoms. The van der Waals surface area contributed by atoms with E-state index < -0.39 is 0 Å². The van der Waals surface area contributed by atoms with Crippen molar-refractivity contribution < 1.29 is 9.59 Å². The second-order valence-electron chi connectivity index (χ2n) is 4.59. The second kappa shape index (κ2) is 6.59. The fourth-order valence-corrected chi connectivity index (χ4v) is 2.35. The van der Waals surface area contributed by atoms with Crippen LogP contribution in [0.5, 0.6) is 0 Å². The molecule has 1 saturated heterocycles. The smallest absolute Gasteiger partial charge is 0.239 e. The van der Waals surface area contributed by atoms with Crippen LogP contribution in [0.15, 0.2) is 0 Å². The van der Waals surface area contributed by atoms with Gasteiger partial charge in [0.2, 0.25) is 11.8 Å². The molecular formula is C12H23N3O2. The molecule has 1 aliphatic rings. The van der Waals surface area contributed by atoms with E-state index in [1.54, 1.807) is 0 Å². The van der Waals surface area contributed by atoms with Crippen molar-refractivity contribution in [1.82, 2.24) is 16.0 Å². The van der Waals surface area contributed by atoms with Crippen LogP contribution in [0.2, 0.25) is 0 Å². The minimum atomic E-state index is -0.304. The van der Waals surface area contributed by atoms with Crippen molar-refractivity contribution >= 4 is 11.8 Å². The van der Waals surface area contributed by atoms with Crippen molar-refractivity contribution in [2.24, 2.45) is 5.41 Å². The van der Waals surface area contributed by atoms with Crippen molar-refractivity contribution in [3.8, 4) is 0 Å². The van der Waals surface area contributed by atoms with Gasteiger partial charge in [-0.2, -0.15) is 0 Å². The third kappa shape index (κ3) is 3.70. The molecule has 1 aliphatic heterocycles. The fourth-order valence-electron chi connectivity index (χ4n) is 2.35. The number of hydrogen-bond donors (Lipinski definition) is 3. The van der Waals surface area contributed by atoms with Gasteiger partial charge < -0.3 is 16.0 Å². The van der Waals surface area contributed by atoms with E-state index in [1.165, 1.54) is 0 Å². The maximum atomic E-state index is 12.1. The van der Waals surface area contributed by atoms with E-state index in [0.717, 1.165) is 32.4 Å². The van der Waals surface area contributed by atoms with Crippen LogP contribution >= 0.6 is 0 Å². The topological polar surface area (TPSA) is 70.2 Å². The molecule has 3 N–H and O–H groups in total. The van der Waals surface area contributed by atoms with E-state index in [9.17, 15) is 9.59 Å². The highest BCUT2D eigenvalue weighted by atomic mass is 16.2. The zero-order valence-electron chi connectivity index (χ0n) is 10.8. The summed E-state index contributed by atoms with van der Waals surface area (Å²) in [4.78, 5) is 23.4. The Kier molecular flexibility index (Phi) is 5.41. The highest BCUT2D eigenvalue weighted by Crippen LogP contribution is 2.31. The maximum absolute atomic E-state index is 12.1. The predicted octanol–water partition coefficient (Wildman–Crippen LogP) is 0.0185. The molecular weight excluding hydrogens is 218 g/mol. The lowest BCUT2D eigenvalue weighted by Gasteiger charge is -2.26. The summed E-state index contributed by atoms with van der Waals surface area (Å²) < 4.78 is 0.